The maximum Gasteiger partial charge on any atom is 0.410 e. The Kier molecular flexibility index (Phi) is 6.84. The lowest BCUT2D eigenvalue weighted by Crippen LogP contribution is -2.51. The molecule has 0 spiro atoms. The average molecular weight is 345 g/mol. The molecule has 0 radical (unpaired) electrons. The van der Waals surface area contributed by atoms with Crippen LogP contribution in [-0.4, -0.2) is 36.2 Å². The Balaban J connectivity index is 3.08. The van der Waals surface area contributed by atoms with Crippen molar-refractivity contribution in [3.8, 4) is 0 Å². The van der Waals surface area contributed by atoms with Crippen LogP contribution in [0.1, 0.15) is 40.2 Å². The van der Waals surface area contributed by atoms with Gasteiger partial charge in [0.05, 0.1) is 6.54 Å². The molecule has 0 bridgehead atoms. The van der Waals surface area contributed by atoms with Gasteiger partial charge in [0.15, 0.2) is 0 Å². The van der Waals surface area contributed by atoms with Gasteiger partial charge in [0.2, 0.25) is 5.79 Å². The minimum Gasteiger partial charge on any atom is -0.444 e. The third-order valence-corrected chi connectivity index (χ3v) is 3.55. The lowest BCUT2D eigenvalue weighted by molar-refractivity contribution is 0.0148. The van der Waals surface area contributed by atoms with Crippen LogP contribution < -0.4 is 5.32 Å². The summed E-state index contributed by atoms with van der Waals surface area (Å²) in [6, 6.07) is 6.44. The van der Waals surface area contributed by atoms with Crippen LogP contribution in [-0.2, 0) is 10.5 Å². The number of carbonyl (C=O) groups is 1. The molecule has 6 heteroatoms. The Morgan fingerprint density at radius 1 is 1.30 bits per heavy atom. The first-order valence-electron chi connectivity index (χ1n) is 7.78. The molecule has 0 saturated carbocycles. The standard InChI is InChI=1S/C17H26ClFN2O2/c1-6-21(7-2)12-17(19,13-9-8-10-14(18)11-13)20-15(22)23-16(3,4)5/h8-11H,6-7,12H2,1-5H3,(H,20,22). The van der Waals surface area contributed by atoms with Crippen molar-refractivity contribution in [1.29, 1.82) is 0 Å². The third-order valence-electron chi connectivity index (χ3n) is 3.32. The first kappa shape index (κ1) is 19.7. The van der Waals surface area contributed by atoms with Gasteiger partial charge < -0.3 is 4.74 Å². The number of nitrogens with zero attached hydrogens (tertiary/aromatic N) is 1. The Morgan fingerprint density at radius 2 is 1.91 bits per heavy atom. The zero-order valence-corrected chi connectivity index (χ0v) is 15.2. The summed E-state index contributed by atoms with van der Waals surface area (Å²) in [5.41, 5.74) is -0.406. The molecule has 1 N–H and O–H groups in total. The largest absolute Gasteiger partial charge is 0.444 e. The summed E-state index contributed by atoms with van der Waals surface area (Å²) in [4.78, 5) is 14.0. The zero-order chi connectivity index (χ0) is 17.7. The van der Waals surface area contributed by atoms with E-state index in [1.54, 1.807) is 39.0 Å². The topological polar surface area (TPSA) is 41.6 Å². The number of carbonyl (C=O) groups excluding carboxylic acids is 1. The van der Waals surface area contributed by atoms with Crippen LogP contribution in [0.3, 0.4) is 0 Å². The molecule has 1 rings (SSSR count). The van der Waals surface area contributed by atoms with E-state index in [0.717, 1.165) is 0 Å². The molecular formula is C17H26ClFN2O2. The van der Waals surface area contributed by atoms with Gasteiger partial charge in [0.25, 0.3) is 0 Å². The van der Waals surface area contributed by atoms with E-state index in [1.165, 1.54) is 6.07 Å². The molecule has 1 aromatic rings. The highest BCUT2D eigenvalue weighted by Crippen LogP contribution is 2.27. The number of hydrogen-bond donors (Lipinski definition) is 1. The van der Waals surface area contributed by atoms with Gasteiger partial charge in [-0.3, -0.25) is 10.2 Å². The van der Waals surface area contributed by atoms with Crippen LogP contribution in [0.4, 0.5) is 9.18 Å². The molecule has 0 fully saturated rings. The summed E-state index contributed by atoms with van der Waals surface area (Å²) < 4.78 is 20.8. The predicted octanol–water partition coefficient (Wildman–Crippen LogP) is 4.33. The van der Waals surface area contributed by atoms with Crippen LogP contribution in [0.15, 0.2) is 24.3 Å². The van der Waals surface area contributed by atoms with Crippen LogP contribution in [0.2, 0.25) is 5.02 Å². The minimum atomic E-state index is -2.08. The first-order valence-corrected chi connectivity index (χ1v) is 8.16. The molecular weight excluding hydrogens is 319 g/mol. The van der Waals surface area contributed by atoms with Crippen molar-refractivity contribution in [3.63, 3.8) is 0 Å². The molecule has 0 aromatic heterocycles. The number of alkyl halides is 1. The Morgan fingerprint density at radius 3 is 2.39 bits per heavy atom. The van der Waals surface area contributed by atoms with Crippen molar-refractivity contribution in [1.82, 2.24) is 10.2 Å². The van der Waals surface area contributed by atoms with E-state index in [0.29, 0.717) is 23.7 Å². The summed E-state index contributed by atoms with van der Waals surface area (Å²) >= 11 is 5.97. The van der Waals surface area contributed by atoms with Gasteiger partial charge in [-0.1, -0.05) is 37.6 Å². The minimum absolute atomic E-state index is 0.0135. The van der Waals surface area contributed by atoms with E-state index in [2.05, 4.69) is 5.32 Å². The average Bonchev–Trinajstić information content (AvgIpc) is 2.42. The summed E-state index contributed by atoms with van der Waals surface area (Å²) in [5, 5.41) is 2.78. The number of nitrogens with one attached hydrogen (secondary N) is 1. The molecule has 0 aliphatic carbocycles. The molecule has 0 aliphatic heterocycles. The zero-order valence-electron chi connectivity index (χ0n) is 14.5. The fraction of sp³-hybridized carbons (Fsp3) is 0.588. The smallest absolute Gasteiger partial charge is 0.410 e. The molecule has 130 valence electrons. The SMILES string of the molecule is CCN(CC)CC(F)(NC(=O)OC(C)(C)C)c1cccc(Cl)c1. The number of amides is 1. The van der Waals surface area contributed by atoms with Crippen LogP contribution in [0.5, 0.6) is 0 Å². The van der Waals surface area contributed by atoms with Crippen LogP contribution in [0, 0.1) is 0 Å². The predicted molar refractivity (Wildman–Crippen MR) is 91.4 cm³/mol. The molecule has 1 unspecified atom stereocenters. The monoisotopic (exact) mass is 344 g/mol. The van der Waals surface area contributed by atoms with Gasteiger partial charge in [-0.25, -0.2) is 9.18 Å². The second-order valence-electron chi connectivity index (χ2n) is 6.40. The summed E-state index contributed by atoms with van der Waals surface area (Å²) in [6.07, 6.45) is -0.799. The van der Waals surface area contributed by atoms with Crippen LogP contribution >= 0.6 is 11.6 Å². The van der Waals surface area contributed by atoms with Gasteiger partial charge in [0.1, 0.15) is 5.60 Å². The number of rotatable bonds is 6. The van der Waals surface area contributed by atoms with Crippen molar-refractivity contribution in [2.75, 3.05) is 19.6 Å². The third kappa shape index (κ3) is 6.36. The maximum atomic E-state index is 15.6. The molecule has 1 aromatic carbocycles. The summed E-state index contributed by atoms with van der Waals surface area (Å²) in [5.74, 6) is -2.08. The summed E-state index contributed by atoms with van der Waals surface area (Å²) in [6.45, 7) is 10.4. The van der Waals surface area contributed by atoms with E-state index in [-0.39, 0.29) is 6.54 Å². The molecule has 0 saturated heterocycles. The number of halogens is 2. The fourth-order valence-corrected chi connectivity index (χ4v) is 2.35. The highest BCUT2D eigenvalue weighted by Gasteiger charge is 2.37. The molecule has 0 heterocycles. The van der Waals surface area contributed by atoms with E-state index in [9.17, 15) is 4.79 Å². The molecule has 4 nitrogen and oxygen atoms in total. The van der Waals surface area contributed by atoms with Crippen molar-refractivity contribution in [2.24, 2.45) is 0 Å². The molecule has 1 amide bonds. The van der Waals surface area contributed by atoms with Crippen molar-refractivity contribution < 1.29 is 13.9 Å². The lowest BCUT2D eigenvalue weighted by atomic mass is 10.0. The van der Waals surface area contributed by atoms with E-state index >= 15 is 4.39 Å². The van der Waals surface area contributed by atoms with Gasteiger partial charge in [-0.15, -0.1) is 0 Å². The van der Waals surface area contributed by atoms with Gasteiger partial charge >= 0.3 is 6.09 Å². The van der Waals surface area contributed by atoms with Crippen LogP contribution in [0.25, 0.3) is 0 Å². The maximum absolute atomic E-state index is 15.6. The number of likely N-dealkylation sites (N-methyl/N-ethyl adjacent to an activating group) is 1. The second-order valence-corrected chi connectivity index (χ2v) is 6.84. The van der Waals surface area contributed by atoms with Crippen molar-refractivity contribution in [2.45, 2.75) is 46.0 Å². The van der Waals surface area contributed by atoms with Crippen molar-refractivity contribution in [3.05, 3.63) is 34.9 Å². The number of alkyl carbamates (subject to hydrolysis) is 1. The highest BCUT2D eigenvalue weighted by molar-refractivity contribution is 6.30. The van der Waals surface area contributed by atoms with Gasteiger partial charge in [0, 0.05) is 10.6 Å². The Bertz CT molecular complexity index is 530. The quantitative estimate of drug-likeness (QED) is 0.781. The molecule has 0 aliphatic rings. The number of ether oxygens (including phenoxy) is 1. The van der Waals surface area contributed by atoms with E-state index in [1.807, 2.05) is 18.7 Å². The molecule has 1 atom stereocenters. The van der Waals surface area contributed by atoms with Gasteiger partial charge in [-0.05, 0) is 46.0 Å². The Labute approximate surface area is 142 Å². The molecule has 23 heavy (non-hydrogen) atoms. The summed E-state index contributed by atoms with van der Waals surface area (Å²) in [7, 11) is 0. The lowest BCUT2D eigenvalue weighted by Gasteiger charge is -2.33. The van der Waals surface area contributed by atoms with Crippen molar-refractivity contribution >= 4 is 17.7 Å². The van der Waals surface area contributed by atoms with Gasteiger partial charge in [-0.2, -0.15) is 0 Å². The second kappa shape index (κ2) is 7.97. The fourth-order valence-electron chi connectivity index (χ4n) is 2.16. The van der Waals surface area contributed by atoms with E-state index in [4.69, 9.17) is 16.3 Å². The van der Waals surface area contributed by atoms with E-state index < -0.39 is 17.5 Å². The Hall–Kier alpha value is -1.33. The number of benzene rings is 1. The number of hydrogen-bond acceptors (Lipinski definition) is 3. The highest BCUT2D eigenvalue weighted by atomic mass is 35.5. The normalized spacial score (nSPS) is 14.4. The first-order chi connectivity index (χ1) is 10.6.